The third-order valence-electron chi connectivity index (χ3n) is 3.05. The summed E-state index contributed by atoms with van der Waals surface area (Å²) >= 11 is 3.53. The number of rotatable bonds is 1. The molecule has 3 nitrogen and oxygen atoms in total. The zero-order valence-electron chi connectivity index (χ0n) is 10.5. The molecule has 0 aliphatic rings. The Kier molecular flexibility index (Phi) is 2.55. The summed E-state index contributed by atoms with van der Waals surface area (Å²) < 4.78 is 8.66. The average Bonchev–Trinajstić information content (AvgIpc) is 2.82. The van der Waals surface area contributed by atoms with Crippen LogP contribution in [0.5, 0.6) is 0 Å². The monoisotopic (exact) mass is 304 g/mol. The molecule has 0 bridgehead atoms. The molecule has 0 saturated carbocycles. The molecule has 0 radical (unpaired) electrons. The second-order valence-corrected chi connectivity index (χ2v) is 5.38. The van der Waals surface area contributed by atoms with Crippen molar-refractivity contribution < 1.29 is 4.42 Å². The molecule has 0 spiro atoms. The van der Waals surface area contributed by atoms with Gasteiger partial charge in [-0.05, 0) is 54.4 Å². The van der Waals surface area contributed by atoms with E-state index in [2.05, 4.69) is 33.9 Å². The summed E-state index contributed by atoms with van der Waals surface area (Å²) in [5.74, 6) is 1.82. The van der Waals surface area contributed by atoms with Crippen molar-refractivity contribution in [2.24, 2.45) is 0 Å². The molecule has 3 aromatic rings. The molecule has 18 heavy (non-hydrogen) atoms. The van der Waals surface area contributed by atoms with Crippen LogP contribution in [0.4, 0.5) is 0 Å². The highest BCUT2D eigenvalue weighted by Gasteiger charge is 2.11. The number of fused-ring (bicyclic) bond motifs is 1. The fourth-order valence-electron chi connectivity index (χ4n) is 2.12. The zero-order chi connectivity index (χ0) is 12.9. The van der Waals surface area contributed by atoms with Gasteiger partial charge in [-0.3, -0.25) is 0 Å². The van der Waals surface area contributed by atoms with E-state index in [0.717, 1.165) is 32.9 Å². The topological polar surface area (TPSA) is 30.4 Å². The van der Waals surface area contributed by atoms with Crippen molar-refractivity contribution in [1.29, 1.82) is 0 Å². The second kappa shape index (κ2) is 3.99. The zero-order valence-corrected chi connectivity index (χ0v) is 12.1. The molecule has 0 fully saturated rings. The first-order valence-corrected chi connectivity index (χ1v) is 6.56. The van der Waals surface area contributed by atoms with Gasteiger partial charge in [-0.25, -0.2) is 4.98 Å². The van der Waals surface area contributed by atoms with Crippen LogP contribution in [0.2, 0.25) is 0 Å². The highest BCUT2D eigenvalue weighted by Crippen LogP contribution is 2.27. The van der Waals surface area contributed by atoms with Gasteiger partial charge in [0.05, 0.1) is 5.69 Å². The summed E-state index contributed by atoms with van der Waals surface area (Å²) in [6.45, 7) is 5.98. The van der Waals surface area contributed by atoms with Crippen molar-refractivity contribution >= 4 is 21.6 Å². The molecule has 3 rings (SSSR count). The summed E-state index contributed by atoms with van der Waals surface area (Å²) in [5.41, 5.74) is 4.13. The Morgan fingerprint density at radius 3 is 2.61 bits per heavy atom. The highest BCUT2D eigenvalue weighted by molar-refractivity contribution is 9.10. The average molecular weight is 305 g/mol. The smallest absolute Gasteiger partial charge is 0.137 e. The third-order valence-corrected chi connectivity index (χ3v) is 3.88. The number of hydrogen-bond acceptors (Lipinski definition) is 2. The lowest BCUT2D eigenvalue weighted by Crippen LogP contribution is -1.85. The molecule has 3 heterocycles. The van der Waals surface area contributed by atoms with Gasteiger partial charge in [0.2, 0.25) is 0 Å². The molecule has 0 aliphatic heterocycles. The van der Waals surface area contributed by atoms with Gasteiger partial charge < -0.3 is 8.82 Å². The van der Waals surface area contributed by atoms with Crippen LogP contribution in [0.25, 0.3) is 16.9 Å². The number of furan rings is 1. The Hall–Kier alpha value is -1.55. The van der Waals surface area contributed by atoms with Gasteiger partial charge in [0.15, 0.2) is 0 Å². The minimum Gasteiger partial charge on any atom is -0.466 e. The first-order chi connectivity index (χ1) is 8.54. The van der Waals surface area contributed by atoms with Gasteiger partial charge in [-0.2, -0.15) is 0 Å². The number of aromatic nitrogens is 2. The number of halogens is 1. The maximum Gasteiger partial charge on any atom is 0.137 e. The van der Waals surface area contributed by atoms with Crippen LogP contribution in [0.3, 0.4) is 0 Å². The van der Waals surface area contributed by atoms with Crippen molar-refractivity contribution in [3.8, 4) is 11.3 Å². The van der Waals surface area contributed by atoms with Gasteiger partial charge in [0, 0.05) is 22.4 Å². The quantitative estimate of drug-likeness (QED) is 0.671. The van der Waals surface area contributed by atoms with Gasteiger partial charge >= 0.3 is 0 Å². The predicted octanol–water partition coefficient (Wildman–Crippen LogP) is 4.28. The fourth-order valence-corrected chi connectivity index (χ4v) is 2.45. The molecule has 0 aliphatic carbocycles. The Bertz CT molecular complexity index is 701. The molecule has 0 aromatic carbocycles. The Morgan fingerprint density at radius 1 is 1.17 bits per heavy atom. The van der Waals surface area contributed by atoms with E-state index in [1.54, 1.807) is 0 Å². The van der Waals surface area contributed by atoms with Crippen molar-refractivity contribution in [3.05, 3.63) is 46.1 Å². The number of pyridine rings is 1. The lowest BCUT2D eigenvalue weighted by molar-refractivity contribution is 0.505. The van der Waals surface area contributed by atoms with E-state index in [-0.39, 0.29) is 0 Å². The molecule has 0 N–H and O–H groups in total. The van der Waals surface area contributed by atoms with Crippen molar-refractivity contribution in [3.63, 3.8) is 0 Å². The molecule has 0 amide bonds. The summed E-state index contributed by atoms with van der Waals surface area (Å²) in [5, 5.41) is 0. The molecule has 0 unspecified atom stereocenters. The van der Waals surface area contributed by atoms with Crippen molar-refractivity contribution in [1.82, 2.24) is 9.38 Å². The van der Waals surface area contributed by atoms with Gasteiger partial charge in [-0.15, -0.1) is 0 Å². The second-order valence-electron chi connectivity index (χ2n) is 4.52. The van der Waals surface area contributed by atoms with E-state index >= 15 is 0 Å². The van der Waals surface area contributed by atoms with Gasteiger partial charge in [0.1, 0.15) is 17.2 Å². The largest absolute Gasteiger partial charge is 0.466 e. The molecular weight excluding hydrogens is 292 g/mol. The summed E-state index contributed by atoms with van der Waals surface area (Å²) in [4.78, 5) is 4.64. The molecule has 0 atom stereocenters. The minimum atomic E-state index is 0.909. The van der Waals surface area contributed by atoms with E-state index in [9.17, 15) is 0 Å². The standard InChI is InChI=1S/C14H13BrN2O/c1-8-4-14-16-13(7-17(14)6-12(8)15)11-5-9(2)18-10(11)3/h4-7H,1-3H3. The summed E-state index contributed by atoms with van der Waals surface area (Å²) in [6.07, 6.45) is 4.06. The van der Waals surface area contributed by atoms with E-state index in [1.807, 2.05) is 36.7 Å². The van der Waals surface area contributed by atoms with E-state index in [1.165, 1.54) is 5.56 Å². The number of aryl methyl sites for hydroxylation is 3. The number of hydrogen-bond donors (Lipinski definition) is 0. The SMILES string of the molecule is Cc1cc(-c2cn3cc(Br)c(C)cc3n2)c(C)o1. The molecule has 3 aromatic heterocycles. The van der Waals surface area contributed by atoms with Crippen LogP contribution in [0.1, 0.15) is 17.1 Å². The first kappa shape index (κ1) is 11.5. The van der Waals surface area contributed by atoms with Crippen LogP contribution < -0.4 is 0 Å². The van der Waals surface area contributed by atoms with Crippen LogP contribution >= 0.6 is 15.9 Å². The van der Waals surface area contributed by atoms with Crippen LogP contribution in [0.15, 0.2) is 33.4 Å². The lowest BCUT2D eigenvalue weighted by atomic mass is 10.2. The molecule has 0 saturated heterocycles. The van der Waals surface area contributed by atoms with E-state index < -0.39 is 0 Å². The van der Waals surface area contributed by atoms with Crippen LogP contribution in [0, 0.1) is 20.8 Å². The predicted molar refractivity (Wildman–Crippen MR) is 74.8 cm³/mol. The number of imidazole rings is 1. The summed E-state index contributed by atoms with van der Waals surface area (Å²) in [7, 11) is 0. The molecule has 4 heteroatoms. The van der Waals surface area contributed by atoms with Crippen LogP contribution in [-0.2, 0) is 0 Å². The van der Waals surface area contributed by atoms with Gasteiger partial charge in [-0.1, -0.05) is 0 Å². The third kappa shape index (κ3) is 1.77. The van der Waals surface area contributed by atoms with Crippen molar-refractivity contribution in [2.75, 3.05) is 0 Å². The Balaban J connectivity index is 2.22. The molecule has 92 valence electrons. The summed E-state index contributed by atoms with van der Waals surface area (Å²) in [6, 6.07) is 4.09. The highest BCUT2D eigenvalue weighted by atomic mass is 79.9. The normalized spacial score (nSPS) is 11.3. The molecular formula is C14H13BrN2O. The maximum absolute atomic E-state index is 5.55. The van der Waals surface area contributed by atoms with E-state index in [4.69, 9.17) is 4.42 Å². The fraction of sp³-hybridized carbons (Fsp3) is 0.214. The Labute approximate surface area is 114 Å². The van der Waals surface area contributed by atoms with Crippen LogP contribution in [-0.4, -0.2) is 9.38 Å². The minimum absolute atomic E-state index is 0.909. The van der Waals surface area contributed by atoms with E-state index in [0.29, 0.717) is 0 Å². The Morgan fingerprint density at radius 2 is 1.94 bits per heavy atom. The lowest BCUT2D eigenvalue weighted by Gasteiger charge is -1.98. The first-order valence-electron chi connectivity index (χ1n) is 5.77. The van der Waals surface area contributed by atoms with Gasteiger partial charge in [0.25, 0.3) is 0 Å². The maximum atomic E-state index is 5.55. The van der Waals surface area contributed by atoms with Crippen molar-refractivity contribution in [2.45, 2.75) is 20.8 Å². The number of nitrogens with zero attached hydrogens (tertiary/aromatic N) is 2.